The first-order valence-corrected chi connectivity index (χ1v) is 10.2. The zero-order valence-corrected chi connectivity index (χ0v) is 16.8. The van der Waals surface area contributed by atoms with E-state index in [0.717, 1.165) is 49.7 Å². The molecule has 1 aromatic rings. The van der Waals surface area contributed by atoms with Crippen molar-refractivity contribution in [1.29, 1.82) is 0 Å². The predicted octanol–water partition coefficient (Wildman–Crippen LogP) is 3.95. The Balaban J connectivity index is 1.67. The molecule has 1 N–H and O–H groups in total. The molecule has 1 aliphatic heterocycles. The van der Waals surface area contributed by atoms with E-state index in [0.29, 0.717) is 6.42 Å². The van der Waals surface area contributed by atoms with E-state index in [1.807, 2.05) is 24.3 Å². The van der Waals surface area contributed by atoms with Crippen LogP contribution in [0.15, 0.2) is 35.6 Å². The fourth-order valence-electron chi connectivity index (χ4n) is 3.54. The Kier molecular flexibility index (Phi) is 8.74. The van der Waals surface area contributed by atoms with Gasteiger partial charge < -0.3 is 15.1 Å². The van der Waals surface area contributed by atoms with Crippen molar-refractivity contribution in [3.63, 3.8) is 0 Å². The summed E-state index contributed by atoms with van der Waals surface area (Å²) in [6, 6.07) is 7.64. The Bertz CT molecular complexity index is 774. The van der Waals surface area contributed by atoms with Gasteiger partial charge in [0.05, 0.1) is 12.1 Å². The van der Waals surface area contributed by atoms with Crippen molar-refractivity contribution in [2.24, 2.45) is 0 Å². The van der Waals surface area contributed by atoms with E-state index in [1.165, 1.54) is 4.90 Å². The number of carboxylic acids is 1. The number of aryl methyl sites for hydroxylation is 1. The predicted molar refractivity (Wildman–Crippen MR) is 103 cm³/mol. The highest BCUT2D eigenvalue weighted by Gasteiger charge is 2.28. The van der Waals surface area contributed by atoms with Crippen molar-refractivity contribution in [2.45, 2.75) is 70.5 Å². The minimum atomic E-state index is -4.05. The van der Waals surface area contributed by atoms with Crippen molar-refractivity contribution < 1.29 is 33.0 Å². The monoisotopic (exact) mass is 426 g/mol. The molecule has 0 saturated carbocycles. The molecule has 1 aliphatic rings. The maximum atomic E-state index is 12.1. The van der Waals surface area contributed by atoms with Crippen molar-refractivity contribution in [2.75, 3.05) is 6.54 Å². The van der Waals surface area contributed by atoms with Crippen LogP contribution in [0.3, 0.4) is 0 Å². The lowest BCUT2D eigenvalue weighted by atomic mass is 10.0. The minimum Gasteiger partial charge on any atom is -0.868 e. The lowest BCUT2D eigenvalue weighted by Gasteiger charge is -2.18. The quantitative estimate of drug-likeness (QED) is 0.513. The van der Waals surface area contributed by atoms with Crippen LogP contribution in [0.2, 0.25) is 0 Å². The van der Waals surface area contributed by atoms with Crippen LogP contribution in [0.5, 0.6) is 0 Å². The van der Waals surface area contributed by atoms with Crippen molar-refractivity contribution in [1.82, 2.24) is 4.90 Å². The highest BCUT2D eigenvalue weighted by Crippen LogP contribution is 2.23. The molecule has 1 aromatic carbocycles. The summed E-state index contributed by atoms with van der Waals surface area (Å²) in [5.74, 6) is -3.09. The largest absolute Gasteiger partial charge is 0.868 e. The molecule has 1 heterocycles. The number of rotatable bonds is 12. The standard InChI is InChI=1S/C22H28F3NO4/c23-22(24,25)12-7-5-3-1-2-4-6-9-16-10-8-11-17(13-16)14-26-15-18(21(29)30)19(27)20(26)28/h8,10-11,13,27H,1-7,9,12,14-15H2,(H,29,30)/p-1. The Labute approximate surface area is 174 Å². The normalized spacial score (nSPS) is 14.6. The number of carboxylic acid groups (broad SMARTS) is 1. The molecule has 5 nitrogen and oxygen atoms in total. The van der Waals surface area contributed by atoms with Crippen LogP contribution in [0.1, 0.15) is 62.5 Å². The van der Waals surface area contributed by atoms with Gasteiger partial charge in [0.1, 0.15) is 0 Å². The first-order valence-electron chi connectivity index (χ1n) is 10.2. The smallest absolute Gasteiger partial charge is 0.389 e. The van der Waals surface area contributed by atoms with Crippen molar-refractivity contribution in [3.8, 4) is 0 Å². The highest BCUT2D eigenvalue weighted by atomic mass is 19.4. The van der Waals surface area contributed by atoms with Gasteiger partial charge in [-0.25, -0.2) is 4.79 Å². The molecule has 0 aromatic heterocycles. The first kappa shape index (κ1) is 23.8. The van der Waals surface area contributed by atoms with Gasteiger partial charge in [0.25, 0.3) is 0 Å². The molecule has 8 heteroatoms. The highest BCUT2D eigenvalue weighted by molar-refractivity contribution is 6.03. The Hall–Kier alpha value is -2.51. The first-order chi connectivity index (χ1) is 14.2. The molecule has 2 rings (SSSR count). The molecular weight excluding hydrogens is 399 g/mol. The van der Waals surface area contributed by atoms with Gasteiger partial charge in [0.15, 0.2) is 0 Å². The lowest BCUT2D eigenvalue weighted by molar-refractivity contribution is -0.299. The molecule has 166 valence electrons. The summed E-state index contributed by atoms with van der Waals surface area (Å²) in [5, 5.41) is 20.7. The molecule has 0 unspecified atom stereocenters. The number of aliphatic carboxylic acids is 1. The fourth-order valence-corrected chi connectivity index (χ4v) is 3.54. The van der Waals surface area contributed by atoms with E-state index in [-0.39, 0.29) is 19.5 Å². The SMILES string of the molecule is O=C(O)C1=C([O-])C(=O)N(Cc2cccc(CCCCCCCCCC(F)(F)F)c2)C1. The van der Waals surface area contributed by atoms with Crippen LogP contribution in [-0.4, -0.2) is 34.6 Å². The van der Waals surface area contributed by atoms with Gasteiger partial charge in [0, 0.05) is 13.0 Å². The van der Waals surface area contributed by atoms with Crippen LogP contribution in [-0.2, 0) is 22.6 Å². The van der Waals surface area contributed by atoms with E-state index in [4.69, 9.17) is 5.11 Å². The number of carbonyl (C=O) groups excluding carboxylic acids is 1. The number of benzene rings is 1. The second-order valence-corrected chi connectivity index (χ2v) is 7.68. The van der Waals surface area contributed by atoms with E-state index in [2.05, 4.69) is 0 Å². The zero-order valence-electron chi connectivity index (χ0n) is 16.8. The van der Waals surface area contributed by atoms with E-state index in [9.17, 15) is 27.9 Å². The number of alkyl halides is 3. The van der Waals surface area contributed by atoms with Gasteiger partial charge >= 0.3 is 12.1 Å². The summed E-state index contributed by atoms with van der Waals surface area (Å²) in [7, 11) is 0. The summed E-state index contributed by atoms with van der Waals surface area (Å²) in [4.78, 5) is 24.2. The lowest BCUT2D eigenvalue weighted by Crippen LogP contribution is -2.29. The summed E-state index contributed by atoms with van der Waals surface area (Å²) >= 11 is 0. The van der Waals surface area contributed by atoms with Gasteiger partial charge in [-0.2, -0.15) is 13.2 Å². The maximum absolute atomic E-state index is 12.1. The number of halogens is 3. The third-order valence-corrected chi connectivity index (χ3v) is 5.15. The third kappa shape index (κ3) is 7.72. The molecule has 0 aliphatic carbocycles. The van der Waals surface area contributed by atoms with E-state index >= 15 is 0 Å². The number of hydrogen-bond donors (Lipinski definition) is 1. The van der Waals surface area contributed by atoms with E-state index in [1.54, 1.807) is 0 Å². The summed E-state index contributed by atoms with van der Waals surface area (Å²) in [5.41, 5.74) is 1.54. The maximum Gasteiger partial charge on any atom is 0.389 e. The second-order valence-electron chi connectivity index (χ2n) is 7.68. The molecule has 0 atom stereocenters. The molecule has 0 saturated heterocycles. The van der Waals surface area contributed by atoms with Gasteiger partial charge in [-0.15, -0.1) is 0 Å². The average Bonchev–Trinajstić information content (AvgIpc) is 2.95. The molecular formula is C22H27F3NO4-. The van der Waals surface area contributed by atoms with Crippen LogP contribution in [0, 0.1) is 0 Å². The van der Waals surface area contributed by atoms with E-state index < -0.39 is 35.8 Å². The fraction of sp³-hybridized carbons (Fsp3) is 0.545. The van der Waals surface area contributed by atoms with Gasteiger partial charge in [-0.1, -0.05) is 56.4 Å². The number of hydrogen-bond acceptors (Lipinski definition) is 3. The van der Waals surface area contributed by atoms with Gasteiger partial charge in [0.2, 0.25) is 5.91 Å². The molecule has 1 amide bonds. The number of nitrogens with zero attached hydrogens (tertiary/aromatic N) is 1. The number of carbonyl (C=O) groups is 2. The van der Waals surface area contributed by atoms with Gasteiger partial charge in [-0.05, 0) is 36.1 Å². The summed E-state index contributed by atoms with van der Waals surface area (Å²) < 4.78 is 36.2. The van der Waals surface area contributed by atoms with Crippen LogP contribution in [0.4, 0.5) is 13.2 Å². The Morgan fingerprint density at radius 2 is 1.63 bits per heavy atom. The third-order valence-electron chi connectivity index (χ3n) is 5.15. The Morgan fingerprint density at radius 3 is 2.23 bits per heavy atom. The van der Waals surface area contributed by atoms with Crippen LogP contribution >= 0.6 is 0 Å². The second kappa shape index (κ2) is 11.0. The Morgan fingerprint density at radius 1 is 1.03 bits per heavy atom. The average molecular weight is 426 g/mol. The number of unbranched alkanes of at least 4 members (excludes halogenated alkanes) is 6. The molecule has 0 radical (unpaired) electrons. The molecule has 0 spiro atoms. The van der Waals surface area contributed by atoms with Gasteiger partial charge in [-0.3, -0.25) is 4.79 Å². The zero-order chi connectivity index (χ0) is 22.1. The van der Waals surface area contributed by atoms with Crippen LogP contribution in [0.25, 0.3) is 0 Å². The molecule has 30 heavy (non-hydrogen) atoms. The van der Waals surface area contributed by atoms with Crippen molar-refractivity contribution >= 4 is 11.9 Å². The number of amides is 1. The van der Waals surface area contributed by atoms with Crippen molar-refractivity contribution in [3.05, 3.63) is 46.7 Å². The minimum absolute atomic E-state index is 0.180. The molecule has 0 bridgehead atoms. The summed E-state index contributed by atoms with van der Waals surface area (Å²) in [6.07, 6.45) is 1.62. The molecule has 0 fully saturated rings. The summed E-state index contributed by atoms with van der Waals surface area (Å²) in [6.45, 7) is 0.00726. The topological polar surface area (TPSA) is 80.7 Å². The van der Waals surface area contributed by atoms with Crippen LogP contribution < -0.4 is 5.11 Å².